The van der Waals surface area contributed by atoms with Gasteiger partial charge in [-0.1, -0.05) is 25.9 Å². The summed E-state index contributed by atoms with van der Waals surface area (Å²) in [6.45, 7) is 5.37. The molecular formula is C8H19N3O3S. The Morgan fingerprint density at radius 2 is 2.07 bits per heavy atom. The van der Waals surface area contributed by atoms with E-state index in [2.05, 4.69) is 9.88 Å². The number of oxime groups is 1. The van der Waals surface area contributed by atoms with Gasteiger partial charge in [-0.05, 0) is 12.3 Å². The highest BCUT2D eigenvalue weighted by molar-refractivity contribution is 7.89. The van der Waals surface area contributed by atoms with Crippen molar-refractivity contribution in [1.29, 1.82) is 0 Å². The van der Waals surface area contributed by atoms with E-state index in [-0.39, 0.29) is 17.5 Å². The summed E-state index contributed by atoms with van der Waals surface area (Å²) >= 11 is 0. The summed E-state index contributed by atoms with van der Waals surface area (Å²) in [7, 11) is -3.37. The van der Waals surface area contributed by atoms with E-state index < -0.39 is 16.1 Å². The molecule has 0 aliphatic rings. The van der Waals surface area contributed by atoms with Gasteiger partial charge in [-0.15, -0.1) is 0 Å². The molecule has 15 heavy (non-hydrogen) atoms. The second-order valence-electron chi connectivity index (χ2n) is 3.78. The Bertz CT molecular complexity index is 311. The summed E-state index contributed by atoms with van der Waals surface area (Å²) in [5.74, 6) is -0.0560. The lowest BCUT2D eigenvalue weighted by Gasteiger charge is -2.16. The molecule has 1 unspecified atom stereocenters. The Labute approximate surface area is 90.6 Å². The van der Waals surface area contributed by atoms with Crippen LogP contribution in [-0.2, 0) is 10.0 Å². The van der Waals surface area contributed by atoms with Gasteiger partial charge in [-0.25, -0.2) is 13.1 Å². The molecule has 90 valence electrons. The molecule has 0 aromatic rings. The Morgan fingerprint density at radius 3 is 2.40 bits per heavy atom. The number of amidine groups is 1. The number of nitrogens with two attached hydrogens (primary N) is 1. The molecule has 0 saturated heterocycles. The summed E-state index contributed by atoms with van der Waals surface area (Å²) in [4.78, 5) is 0. The maximum Gasteiger partial charge on any atom is 0.212 e. The van der Waals surface area contributed by atoms with Gasteiger partial charge >= 0.3 is 0 Å². The van der Waals surface area contributed by atoms with Crippen LogP contribution < -0.4 is 10.5 Å². The third-order valence-corrected chi connectivity index (χ3v) is 3.50. The highest BCUT2D eigenvalue weighted by Crippen LogP contribution is 2.01. The van der Waals surface area contributed by atoms with Gasteiger partial charge in [0.05, 0.1) is 11.8 Å². The molecule has 0 rings (SSSR count). The van der Waals surface area contributed by atoms with Crippen molar-refractivity contribution in [2.75, 3.05) is 5.75 Å². The molecule has 0 spiro atoms. The molecule has 0 aromatic heterocycles. The van der Waals surface area contributed by atoms with Crippen LogP contribution in [-0.4, -0.2) is 31.3 Å². The monoisotopic (exact) mass is 237 g/mol. The van der Waals surface area contributed by atoms with Gasteiger partial charge in [0.1, 0.15) is 0 Å². The van der Waals surface area contributed by atoms with E-state index in [0.29, 0.717) is 6.42 Å². The largest absolute Gasteiger partial charge is 0.409 e. The van der Waals surface area contributed by atoms with Crippen LogP contribution >= 0.6 is 0 Å². The first-order valence-electron chi connectivity index (χ1n) is 4.79. The van der Waals surface area contributed by atoms with E-state index in [0.717, 1.165) is 0 Å². The highest BCUT2D eigenvalue weighted by Gasteiger charge is 2.20. The highest BCUT2D eigenvalue weighted by atomic mass is 32.2. The van der Waals surface area contributed by atoms with Crippen molar-refractivity contribution in [3.05, 3.63) is 0 Å². The summed E-state index contributed by atoms with van der Waals surface area (Å²) in [6.07, 6.45) is 0.438. The van der Waals surface area contributed by atoms with Crippen molar-refractivity contribution in [3.63, 3.8) is 0 Å². The number of nitrogens with zero attached hydrogens (tertiary/aromatic N) is 1. The van der Waals surface area contributed by atoms with Gasteiger partial charge in [0.2, 0.25) is 10.0 Å². The molecule has 1 atom stereocenters. The minimum absolute atomic E-state index is 0.0300. The third-order valence-electron chi connectivity index (χ3n) is 1.76. The van der Waals surface area contributed by atoms with Crippen molar-refractivity contribution in [2.24, 2.45) is 16.8 Å². The van der Waals surface area contributed by atoms with Crippen molar-refractivity contribution in [2.45, 2.75) is 33.2 Å². The number of rotatable bonds is 6. The molecular weight excluding hydrogens is 218 g/mol. The molecule has 7 heteroatoms. The zero-order valence-electron chi connectivity index (χ0n) is 9.27. The molecule has 0 aliphatic heterocycles. The lowest BCUT2D eigenvalue weighted by atomic mass is 10.2. The van der Waals surface area contributed by atoms with Crippen LogP contribution in [0.4, 0.5) is 0 Å². The van der Waals surface area contributed by atoms with Crippen LogP contribution in [0.15, 0.2) is 5.16 Å². The molecule has 0 bridgehead atoms. The Morgan fingerprint density at radius 1 is 1.53 bits per heavy atom. The van der Waals surface area contributed by atoms with Gasteiger partial charge < -0.3 is 10.9 Å². The van der Waals surface area contributed by atoms with Gasteiger partial charge in [-0.2, -0.15) is 0 Å². The molecule has 4 N–H and O–H groups in total. The molecule has 0 heterocycles. The van der Waals surface area contributed by atoms with E-state index in [4.69, 9.17) is 10.9 Å². The standard InChI is InChI=1S/C8H19N3O3S/c1-4-7(8(9)10-12)11-15(13,14)5-6(2)3/h6-7,11-12H,4-5H2,1-3H3,(H2,9,10). The zero-order valence-corrected chi connectivity index (χ0v) is 10.1. The van der Waals surface area contributed by atoms with E-state index in [1.807, 2.05) is 13.8 Å². The quantitative estimate of drug-likeness (QED) is 0.263. The molecule has 0 saturated carbocycles. The Kier molecular flexibility index (Phi) is 5.59. The number of nitrogens with one attached hydrogen (secondary N) is 1. The van der Waals surface area contributed by atoms with Crippen molar-refractivity contribution < 1.29 is 13.6 Å². The van der Waals surface area contributed by atoms with Crippen molar-refractivity contribution >= 4 is 15.9 Å². The SMILES string of the molecule is CCC(NS(=O)(=O)CC(C)C)C(N)=NO. The Hall–Kier alpha value is -0.820. The lowest BCUT2D eigenvalue weighted by Crippen LogP contribution is -2.45. The average molecular weight is 237 g/mol. The maximum absolute atomic E-state index is 11.5. The minimum Gasteiger partial charge on any atom is -0.409 e. The number of hydrogen-bond acceptors (Lipinski definition) is 4. The van der Waals surface area contributed by atoms with Crippen LogP contribution in [0.3, 0.4) is 0 Å². The fraction of sp³-hybridized carbons (Fsp3) is 0.875. The maximum atomic E-state index is 11.5. The fourth-order valence-corrected chi connectivity index (χ4v) is 2.82. The van der Waals surface area contributed by atoms with E-state index in [1.54, 1.807) is 6.92 Å². The summed E-state index contributed by atoms with van der Waals surface area (Å²) in [5, 5.41) is 11.2. The lowest BCUT2D eigenvalue weighted by molar-refractivity contribution is 0.315. The second-order valence-corrected chi connectivity index (χ2v) is 5.58. The van der Waals surface area contributed by atoms with Crippen molar-refractivity contribution in [1.82, 2.24) is 4.72 Å². The van der Waals surface area contributed by atoms with Gasteiger partial charge in [0, 0.05) is 0 Å². The number of hydrogen-bond donors (Lipinski definition) is 3. The predicted molar refractivity (Wildman–Crippen MR) is 59.2 cm³/mol. The first-order chi connectivity index (χ1) is 6.82. The molecule has 0 aromatic carbocycles. The first kappa shape index (κ1) is 14.2. The molecule has 0 amide bonds. The van der Waals surface area contributed by atoms with Gasteiger partial charge in [0.25, 0.3) is 0 Å². The predicted octanol–water partition coefficient (Wildman–Crippen LogP) is 0.0868. The van der Waals surface area contributed by atoms with Crippen LogP contribution in [0.1, 0.15) is 27.2 Å². The Balaban J connectivity index is 4.55. The third kappa shape index (κ3) is 5.58. The molecule has 0 aliphatic carbocycles. The van der Waals surface area contributed by atoms with Crippen LogP contribution in [0, 0.1) is 5.92 Å². The summed E-state index contributed by atoms with van der Waals surface area (Å²) in [6, 6.07) is -0.640. The van der Waals surface area contributed by atoms with Crippen LogP contribution in [0.25, 0.3) is 0 Å². The van der Waals surface area contributed by atoms with Crippen LogP contribution in [0.5, 0.6) is 0 Å². The summed E-state index contributed by atoms with van der Waals surface area (Å²) < 4.78 is 25.4. The average Bonchev–Trinajstić information content (AvgIpc) is 2.11. The smallest absolute Gasteiger partial charge is 0.212 e. The summed E-state index contributed by atoms with van der Waals surface area (Å²) in [5.41, 5.74) is 5.34. The van der Waals surface area contributed by atoms with Crippen molar-refractivity contribution in [3.8, 4) is 0 Å². The zero-order chi connectivity index (χ0) is 12.1. The fourth-order valence-electron chi connectivity index (χ4n) is 1.13. The normalized spacial score (nSPS) is 15.6. The van der Waals surface area contributed by atoms with Gasteiger partial charge in [-0.3, -0.25) is 0 Å². The van der Waals surface area contributed by atoms with Crippen LogP contribution in [0.2, 0.25) is 0 Å². The molecule has 0 fully saturated rings. The van der Waals surface area contributed by atoms with E-state index >= 15 is 0 Å². The topological polar surface area (TPSA) is 105 Å². The second kappa shape index (κ2) is 5.92. The van der Waals surface area contributed by atoms with E-state index in [1.165, 1.54) is 0 Å². The number of sulfonamides is 1. The minimum atomic E-state index is -3.37. The van der Waals surface area contributed by atoms with E-state index in [9.17, 15) is 8.42 Å². The first-order valence-corrected chi connectivity index (χ1v) is 6.45. The van der Waals surface area contributed by atoms with Gasteiger partial charge in [0.15, 0.2) is 5.84 Å². The molecule has 6 nitrogen and oxygen atoms in total. The molecule has 0 radical (unpaired) electrons.